The summed E-state index contributed by atoms with van der Waals surface area (Å²) in [5.74, 6) is -1.52. The lowest BCUT2D eigenvalue weighted by Gasteiger charge is -2.29. The average molecular weight is 483 g/mol. The van der Waals surface area contributed by atoms with E-state index in [9.17, 15) is 19.7 Å². The Morgan fingerprint density at radius 2 is 1.74 bits per heavy atom. The molecule has 34 heavy (non-hydrogen) atoms. The van der Waals surface area contributed by atoms with Gasteiger partial charge in [0.15, 0.2) is 0 Å². The number of nitro groups is 1. The van der Waals surface area contributed by atoms with Crippen LogP contribution in [0, 0.1) is 24.0 Å². The van der Waals surface area contributed by atoms with Gasteiger partial charge in [0.1, 0.15) is 0 Å². The summed E-state index contributed by atoms with van der Waals surface area (Å²) in [6.45, 7) is 6.46. The average Bonchev–Trinajstić information content (AvgIpc) is 3.13. The third kappa shape index (κ3) is 4.66. The normalized spacial score (nSPS) is 13.6. The Morgan fingerprint density at radius 3 is 2.35 bits per heavy atom. The van der Waals surface area contributed by atoms with Gasteiger partial charge in [-0.2, -0.15) is 0 Å². The summed E-state index contributed by atoms with van der Waals surface area (Å²) in [5, 5.41) is 13.9. The van der Waals surface area contributed by atoms with E-state index in [1.807, 2.05) is 29.7 Å². The van der Waals surface area contributed by atoms with Crippen LogP contribution in [0.1, 0.15) is 21.7 Å². The second-order valence-electron chi connectivity index (χ2n) is 7.94. The van der Waals surface area contributed by atoms with Crippen LogP contribution >= 0.6 is 11.6 Å². The predicted molar refractivity (Wildman–Crippen MR) is 129 cm³/mol. The van der Waals surface area contributed by atoms with Crippen molar-refractivity contribution < 1.29 is 19.2 Å². The number of halogens is 1. The number of carbonyl (C=O) groups is 2. The third-order valence-corrected chi connectivity index (χ3v) is 6.06. The maximum absolute atomic E-state index is 12.9. The summed E-state index contributed by atoms with van der Waals surface area (Å²) in [7, 11) is 0. The Hall–Kier alpha value is -3.69. The molecule has 1 aromatic heterocycles. The van der Waals surface area contributed by atoms with Crippen LogP contribution in [0.3, 0.4) is 0 Å². The molecule has 10 heteroatoms. The largest absolute Gasteiger partial charge is 0.378 e. The molecular weight excluding hydrogens is 460 g/mol. The molecule has 0 aliphatic carbocycles. The van der Waals surface area contributed by atoms with E-state index in [0.29, 0.717) is 29.6 Å². The highest BCUT2D eigenvalue weighted by Gasteiger charge is 2.23. The van der Waals surface area contributed by atoms with E-state index in [1.54, 1.807) is 13.0 Å². The van der Waals surface area contributed by atoms with Crippen molar-refractivity contribution in [3.8, 4) is 5.69 Å². The molecule has 4 rings (SSSR count). The van der Waals surface area contributed by atoms with Crippen LogP contribution in [0.15, 0.2) is 48.5 Å². The smallest absolute Gasteiger partial charge is 0.296 e. The maximum atomic E-state index is 12.9. The van der Waals surface area contributed by atoms with Crippen LogP contribution in [0.25, 0.3) is 5.69 Å². The molecule has 0 bridgehead atoms. The minimum Gasteiger partial charge on any atom is -0.378 e. The van der Waals surface area contributed by atoms with Gasteiger partial charge in [0, 0.05) is 53.5 Å². The zero-order valence-corrected chi connectivity index (χ0v) is 19.5. The molecule has 2 aromatic carbocycles. The number of morpholine rings is 1. The summed E-state index contributed by atoms with van der Waals surface area (Å²) in [5.41, 5.74) is 3.55. The number of ether oxygens (including phenoxy) is 1. The number of ketones is 1. The lowest BCUT2D eigenvalue weighted by Crippen LogP contribution is -2.36. The van der Waals surface area contributed by atoms with Gasteiger partial charge in [0.25, 0.3) is 17.4 Å². The van der Waals surface area contributed by atoms with Gasteiger partial charge >= 0.3 is 0 Å². The fourth-order valence-corrected chi connectivity index (χ4v) is 4.36. The lowest BCUT2D eigenvalue weighted by molar-refractivity contribution is -0.384. The number of nitrogens with zero attached hydrogens (tertiary/aromatic N) is 3. The minimum atomic E-state index is -0.824. The van der Waals surface area contributed by atoms with Crippen molar-refractivity contribution in [2.45, 2.75) is 13.8 Å². The molecule has 1 fully saturated rings. The number of nitrogens with one attached hydrogen (secondary N) is 1. The molecule has 176 valence electrons. The highest BCUT2D eigenvalue weighted by Crippen LogP contribution is 2.31. The molecule has 1 aliphatic heterocycles. The van der Waals surface area contributed by atoms with E-state index in [4.69, 9.17) is 16.3 Å². The number of amides is 1. The number of nitro benzene ring substituents is 1. The molecule has 1 N–H and O–H groups in total. The molecule has 3 aromatic rings. The quantitative estimate of drug-likeness (QED) is 0.243. The molecule has 0 spiro atoms. The van der Waals surface area contributed by atoms with Crippen LogP contribution in [0.2, 0.25) is 5.02 Å². The second-order valence-corrected chi connectivity index (χ2v) is 8.35. The Labute approximate surface area is 201 Å². The lowest BCUT2D eigenvalue weighted by atomic mass is 10.1. The minimum absolute atomic E-state index is 0.105. The zero-order valence-electron chi connectivity index (χ0n) is 18.7. The molecule has 1 aliphatic rings. The molecule has 9 nitrogen and oxygen atoms in total. The Balaban J connectivity index is 1.55. The van der Waals surface area contributed by atoms with E-state index in [0.717, 1.165) is 30.2 Å². The van der Waals surface area contributed by atoms with Crippen LogP contribution in [-0.4, -0.2) is 47.5 Å². The Bertz CT molecular complexity index is 1260. The van der Waals surface area contributed by atoms with Gasteiger partial charge in [0.05, 0.1) is 28.8 Å². The van der Waals surface area contributed by atoms with Crippen LogP contribution < -0.4 is 10.2 Å². The molecular formula is C24H23ClN4O5. The van der Waals surface area contributed by atoms with Crippen molar-refractivity contribution in [1.82, 2.24) is 4.57 Å². The highest BCUT2D eigenvalue weighted by molar-refractivity contribution is 6.46. The molecule has 2 heterocycles. The van der Waals surface area contributed by atoms with Crippen LogP contribution in [-0.2, 0) is 9.53 Å². The number of carbonyl (C=O) groups excluding carboxylic acids is 2. The number of benzene rings is 2. The predicted octanol–water partition coefficient (Wildman–Crippen LogP) is 4.31. The van der Waals surface area contributed by atoms with Crippen LogP contribution in [0.5, 0.6) is 0 Å². The zero-order chi connectivity index (χ0) is 24.4. The molecule has 1 amide bonds. The van der Waals surface area contributed by atoms with E-state index in [2.05, 4.69) is 10.2 Å². The molecule has 0 unspecified atom stereocenters. The van der Waals surface area contributed by atoms with Gasteiger partial charge in [-0.15, -0.1) is 0 Å². The van der Waals surface area contributed by atoms with E-state index < -0.39 is 16.6 Å². The number of hydrogen-bond donors (Lipinski definition) is 1. The summed E-state index contributed by atoms with van der Waals surface area (Å²) < 4.78 is 7.28. The van der Waals surface area contributed by atoms with Gasteiger partial charge in [-0.3, -0.25) is 19.7 Å². The molecule has 1 saturated heterocycles. The number of aromatic nitrogens is 1. The van der Waals surface area contributed by atoms with Crippen molar-refractivity contribution in [2.24, 2.45) is 0 Å². The molecule has 0 radical (unpaired) electrons. The van der Waals surface area contributed by atoms with Crippen molar-refractivity contribution in [1.29, 1.82) is 0 Å². The third-order valence-electron chi connectivity index (χ3n) is 5.76. The van der Waals surface area contributed by atoms with Gasteiger partial charge in [-0.1, -0.05) is 11.6 Å². The highest BCUT2D eigenvalue weighted by atomic mass is 35.5. The first-order valence-electron chi connectivity index (χ1n) is 10.7. The first-order valence-corrected chi connectivity index (χ1v) is 11.1. The Kier molecular flexibility index (Phi) is 6.67. The summed E-state index contributed by atoms with van der Waals surface area (Å²) >= 11 is 6.59. The maximum Gasteiger partial charge on any atom is 0.296 e. The fraction of sp³-hybridized carbons (Fsp3) is 0.250. The first-order chi connectivity index (χ1) is 16.3. The summed E-state index contributed by atoms with van der Waals surface area (Å²) in [6, 6.07) is 12.7. The number of non-ortho nitro benzene ring substituents is 1. The first kappa shape index (κ1) is 23.5. The summed E-state index contributed by atoms with van der Waals surface area (Å²) in [6.07, 6.45) is 0. The van der Waals surface area contributed by atoms with E-state index >= 15 is 0 Å². The number of Topliss-reactive ketones (excluding diaryl/α,β-unsaturated/α-hetero) is 1. The van der Waals surface area contributed by atoms with Crippen molar-refractivity contribution in [3.05, 3.63) is 80.6 Å². The van der Waals surface area contributed by atoms with Gasteiger partial charge in [-0.25, -0.2) is 0 Å². The Morgan fingerprint density at radius 1 is 1.06 bits per heavy atom. The standard InChI is InChI=1S/C24H23ClN4O5/c1-15-13-20(23(30)24(31)26-17-3-5-18(6-4-17)29(32)33)16(2)28(15)19-7-8-22(21(25)14-19)27-9-11-34-12-10-27/h3-8,13-14H,9-12H2,1-2H3,(H,26,31). The van der Waals surface area contributed by atoms with Crippen molar-refractivity contribution in [3.63, 3.8) is 0 Å². The number of hydrogen-bond acceptors (Lipinski definition) is 6. The van der Waals surface area contributed by atoms with Gasteiger partial charge < -0.3 is 19.5 Å². The molecule has 0 atom stereocenters. The van der Waals surface area contributed by atoms with Gasteiger partial charge in [0.2, 0.25) is 0 Å². The molecule has 0 saturated carbocycles. The van der Waals surface area contributed by atoms with E-state index in [1.165, 1.54) is 24.3 Å². The SMILES string of the molecule is Cc1cc(C(=O)C(=O)Nc2ccc([N+](=O)[O-])cc2)c(C)n1-c1ccc(N2CCOCC2)c(Cl)c1. The van der Waals surface area contributed by atoms with E-state index in [-0.39, 0.29) is 11.3 Å². The summed E-state index contributed by atoms with van der Waals surface area (Å²) in [4.78, 5) is 37.9. The topological polar surface area (TPSA) is 107 Å². The monoisotopic (exact) mass is 482 g/mol. The van der Waals surface area contributed by atoms with Crippen LogP contribution in [0.4, 0.5) is 17.1 Å². The van der Waals surface area contributed by atoms with Crippen molar-refractivity contribution >= 4 is 40.4 Å². The number of aryl methyl sites for hydroxylation is 1. The second kappa shape index (κ2) is 9.66. The fourth-order valence-electron chi connectivity index (χ4n) is 4.06. The number of rotatable bonds is 6. The number of anilines is 2. The van der Waals surface area contributed by atoms with Gasteiger partial charge in [-0.05, 0) is 50.2 Å². The van der Waals surface area contributed by atoms with Crippen molar-refractivity contribution in [2.75, 3.05) is 36.5 Å².